The number of alkyl halides is 3. The topological polar surface area (TPSA) is 9.23 Å². The van der Waals surface area contributed by atoms with Gasteiger partial charge >= 0.3 is 6.18 Å². The summed E-state index contributed by atoms with van der Waals surface area (Å²) in [4.78, 5) is 0. The molecule has 0 amide bonds. The summed E-state index contributed by atoms with van der Waals surface area (Å²) < 4.78 is 46.2. The van der Waals surface area contributed by atoms with E-state index in [1.165, 1.54) is 6.07 Å². The minimum atomic E-state index is -4.43. The molecule has 0 bridgehead atoms. The monoisotopic (exact) mass is 378 g/mol. The molecule has 0 radical (unpaired) electrons. The second-order valence-electron chi connectivity index (χ2n) is 6.51. The van der Waals surface area contributed by atoms with E-state index in [1.807, 2.05) is 36.4 Å². The van der Waals surface area contributed by atoms with Crippen molar-refractivity contribution in [3.8, 4) is 39.1 Å². The molecule has 0 saturated heterocycles. The van der Waals surface area contributed by atoms with Crippen LogP contribution in [0.15, 0.2) is 84.9 Å². The van der Waals surface area contributed by atoms with Crippen molar-refractivity contribution >= 4 is 0 Å². The Morgan fingerprint density at radius 1 is 0.607 bits per heavy atom. The second kappa shape index (κ2) is 7.04. The summed E-state index contributed by atoms with van der Waals surface area (Å²) in [5.41, 5.74) is 3.24. The van der Waals surface area contributed by atoms with Gasteiger partial charge in [-0.15, -0.1) is 0 Å². The van der Waals surface area contributed by atoms with E-state index in [0.717, 1.165) is 11.1 Å². The van der Waals surface area contributed by atoms with Crippen molar-refractivity contribution in [3.05, 3.63) is 90.5 Å². The second-order valence-corrected chi connectivity index (χ2v) is 6.51. The van der Waals surface area contributed by atoms with Crippen LogP contribution < -0.4 is 4.74 Å². The van der Waals surface area contributed by atoms with E-state index >= 15 is 0 Å². The van der Waals surface area contributed by atoms with Crippen LogP contribution in [-0.2, 0) is 6.18 Å². The van der Waals surface area contributed by atoms with Crippen molar-refractivity contribution in [1.82, 2.24) is 0 Å². The number of benzene rings is 2. The van der Waals surface area contributed by atoms with Crippen molar-refractivity contribution in [2.45, 2.75) is 6.18 Å². The quantitative estimate of drug-likeness (QED) is 0.368. The molecule has 0 heterocycles. The molecule has 140 valence electrons. The third-order valence-electron chi connectivity index (χ3n) is 4.83. The van der Waals surface area contributed by atoms with E-state index in [1.54, 1.807) is 49.6 Å². The van der Waals surface area contributed by atoms with Crippen molar-refractivity contribution in [1.29, 1.82) is 0 Å². The number of methoxy groups -OCH3 is 1. The summed E-state index contributed by atoms with van der Waals surface area (Å²) in [6, 6.07) is 24.8. The molecule has 1 nitrogen and oxygen atoms in total. The van der Waals surface area contributed by atoms with Crippen molar-refractivity contribution in [2.24, 2.45) is 0 Å². The molecule has 4 heteroatoms. The van der Waals surface area contributed by atoms with Gasteiger partial charge in [0.25, 0.3) is 0 Å². The number of fused-ring (bicyclic) bond motifs is 1. The fourth-order valence-corrected chi connectivity index (χ4v) is 3.42. The largest absolute Gasteiger partial charge is 0.497 e. The van der Waals surface area contributed by atoms with E-state index in [2.05, 4.69) is 0 Å². The van der Waals surface area contributed by atoms with Gasteiger partial charge in [0.1, 0.15) is 5.75 Å². The number of hydrogen-bond acceptors (Lipinski definition) is 1. The lowest BCUT2D eigenvalue weighted by atomic mass is 10.0. The molecule has 0 aliphatic heterocycles. The molecular weight excluding hydrogens is 361 g/mol. The van der Waals surface area contributed by atoms with E-state index < -0.39 is 11.7 Å². The highest BCUT2D eigenvalue weighted by Crippen LogP contribution is 2.46. The minimum absolute atomic E-state index is 0.195. The summed E-state index contributed by atoms with van der Waals surface area (Å²) >= 11 is 0. The number of rotatable bonds is 3. The van der Waals surface area contributed by atoms with Crippen LogP contribution in [0.25, 0.3) is 33.4 Å². The van der Waals surface area contributed by atoms with Gasteiger partial charge in [0.05, 0.1) is 12.7 Å². The van der Waals surface area contributed by atoms with Crippen LogP contribution in [0.5, 0.6) is 5.75 Å². The average Bonchev–Trinajstić information content (AvgIpc) is 2.94. The Hall–Kier alpha value is -3.27. The maximum atomic E-state index is 13.7. The lowest BCUT2D eigenvalue weighted by Crippen LogP contribution is -2.03. The van der Waals surface area contributed by atoms with E-state index in [9.17, 15) is 13.2 Å². The van der Waals surface area contributed by atoms with Crippen LogP contribution in [0, 0.1) is 0 Å². The molecule has 0 fully saturated rings. The van der Waals surface area contributed by atoms with Crippen LogP contribution in [-0.4, -0.2) is 7.11 Å². The van der Waals surface area contributed by atoms with Gasteiger partial charge in [-0.1, -0.05) is 66.7 Å². The zero-order valence-electron chi connectivity index (χ0n) is 15.1. The van der Waals surface area contributed by atoms with Gasteiger partial charge in [0, 0.05) is 0 Å². The Kier molecular flexibility index (Phi) is 4.55. The fourth-order valence-electron chi connectivity index (χ4n) is 3.42. The standard InChI is InChI=1S/C24H17F3O/c1-28-19-11-7-18(8-12-19)22-15-23(24(25,26)27)21-14-10-17(9-13-20(21)22)16-5-3-2-4-6-16/h2-15H,1H3. The SMILES string of the molecule is COc1ccc(-c2cc(C(F)(F)F)c3ccc(-c4ccccc4)ccc2-3)cc1. The van der Waals surface area contributed by atoms with Crippen LogP contribution in [0.2, 0.25) is 0 Å². The molecule has 2 aliphatic carbocycles. The van der Waals surface area contributed by atoms with Crippen LogP contribution >= 0.6 is 0 Å². The molecule has 2 aromatic rings. The summed E-state index contributed by atoms with van der Waals surface area (Å²) in [7, 11) is 1.56. The predicted octanol–water partition coefficient (Wildman–Crippen LogP) is 7.15. The van der Waals surface area contributed by atoms with Gasteiger partial charge in [-0.2, -0.15) is 13.2 Å². The van der Waals surface area contributed by atoms with Crippen molar-refractivity contribution in [3.63, 3.8) is 0 Å². The third kappa shape index (κ3) is 3.33. The van der Waals surface area contributed by atoms with Gasteiger partial charge in [0.15, 0.2) is 0 Å². The summed E-state index contributed by atoms with van der Waals surface area (Å²) in [5.74, 6) is 0.660. The molecule has 28 heavy (non-hydrogen) atoms. The molecule has 0 saturated carbocycles. The number of hydrogen-bond donors (Lipinski definition) is 0. The molecule has 0 unspecified atom stereocenters. The zero-order valence-corrected chi connectivity index (χ0v) is 15.1. The summed E-state index contributed by atoms with van der Waals surface area (Å²) in [6.45, 7) is 0. The molecule has 0 atom stereocenters. The minimum Gasteiger partial charge on any atom is -0.497 e. The Labute approximate surface area is 161 Å². The lowest BCUT2D eigenvalue weighted by molar-refractivity contribution is -0.136. The Bertz CT molecular complexity index is 1070. The van der Waals surface area contributed by atoms with Gasteiger partial charge in [-0.25, -0.2) is 0 Å². The Morgan fingerprint density at radius 2 is 1.18 bits per heavy atom. The Balaban J connectivity index is 1.92. The van der Waals surface area contributed by atoms with E-state index in [4.69, 9.17) is 4.74 Å². The van der Waals surface area contributed by atoms with Gasteiger partial charge in [0.2, 0.25) is 0 Å². The maximum Gasteiger partial charge on any atom is 0.417 e. The Morgan fingerprint density at radius 3 is 1.79 bits per heavy atom. The van der Waals surface area contributed by atoms with Gasteiger partial charge in [-0.05, 0) is 51.6 Å². The summed E-state index contributed by atoms with van der Waals surface area (Å²) in [5, 5.41) is 0. The first-order valence-electron chi connectivity index (χ1n) is 8.81. The van der Waals surface area contributed by atoms with E-state index in [0.29, 0.717) is 22.4 Å². The predicted molar refractivity (Wildman–Crippen MR) is 105 cm³/mol. The third-order valence-corrected chi connectivity index (χ3v) is 4.83. The fraction of sp³-hybridized carbons (Fsp3) is 0.0833. The highest BCUT2D eigenvalue weighted by molar-refractivity contribution is 5.90. The van der Waals surface area contributed by atoms with Crippen LogP contribution in [0.1, 0.15) is 5.56 Å². The molecule has 0 N–H and O–H groups in total. The highest BCUT2D eigenvalue weighted by atomic mass is 19.4. The van der Waals surface area contributed by atoms with Crippen LogP contribution in [0.4, 0.5) is 13.2 Å². The number of ether oxygens (including phenoxy) is 1. The first kappa shape index (κ1) is 18.1. The number of halogens is 3. The smallest absolute Gasteiger partial charge is 0.417 e. The molecule has 0 spiro atoms. The molecular formula is C24H17F3O. The average molecular weight is 378 g/mol. The molecule has 2 aliphatic rings. The molecule has 4 rings (SSSR count). The van der Waals surface area contributed by atoms with Gasteiger partial charge < -0.3 is 4.74 Å². The van der Waals surface area contributed by atoms with Crippen molar-refractivity contribution < 1.29 is 17.9 Å². The van der Waals surface area contributed by atoms with Gasteiger partial charge in [-0.3, -0.25) is 0 Å². The molecule has 2 aromatic carbocycles. The summed E-state index contributed by atoms with van der Waals surface area (Å²) in [6.07, 6.45) is -4.43. The normalized spacial score (nSPS) is 11.6. The van der Waals surface area contributed by atoms with Crippen molar-refractivity contribution in [2.75, 3.05) is 7.11 Å². The lowest BCUT2D eigenvalue weighted by Gasteiger charge is -2.06. The van der Waals surface area contributed by atoms with Crippen LogP contribution in [0.3, 0.4) is 0 Å². The molecule has 0 aromatic heterocycles. The first-order chi connectivity index (χ1) is 13.5. The van der Waals surface area contributed by atoms with E-state index in [-0.39, 0.29) is 5.56 Å². The first-order valence-corrected chi connectivity index (χ1v) is 8.81. The highest BCUT2D eigenvalue weighted by Gasteiger charge is 2.36. The maximum absolute atomic E-state index is 13.7. The zero-order chi connectivity index (χ0) is 19.7.